The lowest BCUT2D eigenvalue weighted by Gasteiger charge is -2.13. The van der Waals surface area contributed by atoms with E-state index in [0.29, 0.717) is 10.9 Å². The van der Waals surface area contributed by atoms with Crippen LogP contribution in [0.4, 0.5) is 3.89 Å². The summed E-state index contributed by atoms with van der Waals surface area (Å²) in [4.78, 5) is 0. The molecule has 0 aliphatic carbocycles. The van der Waals surface area contributed by atoms with Gasteiger partial charge in [0.25, 0.3) is 10.5 Å². The number of allylic oxidation sites excluding steroid dienone is 3. The molecule has 0 saturated heterocycles. The molecule has 0 aliphatic heterocycles. The van der Waals surface area contributed by atoms with Crippen LogP contribution < -0.4 is 0 Å². The van der Waals surface area contributed by atoms with E-state index in [2.05, 4.69) is 58.8 Å². The molecule has 0 fully saturated rings. The van der Waals surface area contributed by atoms with Gasteiger partial charge in [-0.2, -0.15) is 0 Å². The van der Waals surface area contributed by atoms with Crippen LogP contribution in [0.1, 0.15) is 27.2 Å². The van der Waals surface area contributed by atoms with Crippen molar-refractivity contribution in [2.45, 2.75) is 46.8 Å². The first-order chi connectivity index (χ1) is 9.20. The molecular weight excluding hydrogens is 327 g/mol. The molecule has 0 aromatic rings. The van der Waals surface area contributed by atoms with Gasteiger partial charge in [0.2, 0.25) is 0 Å². The third kappa shape index (κ3) is 28.7. The average Bonchev–Trinajstić information content (AvgIpc) is 2.18. The fourth-order valence-corrected chi connectivity index (χ4v) is 8.49. The van der Waals surface area contributed by atoms with Crippen molar-refractivity contribution in [2.24, 2.45) is 0 Å². The van der Waals surface area contributed by atoms with Gasteiger partial charge in [-0.25, -0.2) is 8.42 Å². The Labute approximate surface area is 134 Å². The van der Waals surface area contributed by atoms with Crippen LogP contribution in [-0.2, 0) is 21.4 Å². The first-order valence-corrected chi connectivity index (χ1v) is 13.7. The zero-order chi connectivity index (χ0) is 17.3. The molecule has 0 N–H and O–H groups in total. The second kappa shape index (κ2) is 10.6. The molecule has 126 valence electrons. The van der Waals surface area contributed by atoms with Crippen molar-refractivity contribution in [1.82, 2.24) is 0 Å². The molecule has 1 unspecified atom stereocenters. The van der Waals surface area contributed by atoms with E-state index in [1.54, 1.807) is 0 Å². The quantitative estimate of drug-likeness (QED) is 0.239. The van der Waals surface area contributed by atoms with Crippen LogP contribution in [0, 0.1) is 0 Å². The molecule has 3 nitrogen and oxygen atoms in total. The summed E-state index contributed by atoms with van der Waals surface area (Å²) in [6.07, 6.45) is 8.32. The van der Waals surface area contributed by atoms with Gasteiger partial charge >= 0.3 is 0 Å². The molecule has 0 aromatic heterocycles. The van der Waals surface area contributed by atoms with Crippen molar-refractivity contribution in [1.29, 1.82) is 0 Å². The maximum atomic E-state index is 10.1. The van der Waals surface area contributed by atoms with Crippen molar-refractivity contribution in [3.05, 3.63) is 23.3 Å². The zero-order valence-corrected chi connectivity index (χ0v) is 16.8. The van der Waals surface area contributed by atoms with Crippen LogP contribution in [0.2, 0.25) is 19.6 Å². The summed E-state index contributed by atoms with van der Waals surface area (Å²) >= 11 is 0. The lowest BCUT2D eigenvalue weighted by molar-refractivity contribution is 0.417. The van der Waals surface area contributed by atoms with E-state index >= 15 is 0 Å². The molecule has 0 heterocycles. The summed E-state index contributed by atoms with van der Waals surface area (Å²) in [5.74, 6) is 1.28. The van der Waals surface area contributed by atoms with E-state index in [-0.39, 0.29) is 0 Å². The summed E-state index contributed by atoms with van der Waals surface area (Å²) in [5, 5.41) is 1.47. The first-order valence-electron chi connectivity index (χ1n) is 6.74. The van der Waals surface area contributed by atoms with Gasteiger partial charge in [0, 0.05) is 0 Å². The highest BCUT2D eigenvalue weighted by Gasteiger charge is 2.23. The molecular formula is C14H29FO3S2Si. The Hall–Kier alpha value is -0.113. The van der Waals surface area contributed by atoms with Gasteiger partial charge in [-0.05, 0) is 44.2 Å². The van der Waals surface area contributed by atoms with Crippen molar-refractivity contribution >= 4 is 29.5 Å². The van der Waals surface area contributed by atoms with Crippen molar-refractivity contribution in [3.8, 4) is 0 Å². The second-order valence-corrected chi connectivity index (χ2v) is 15.5. The van der Waals surface area contributed by atoms with Crippen LogP contribution in [0.15, 0.2) is 23.3 Å². The Bertz CT molecular complexity index is 439. The second-order valence-electron chi connectivity index (χ2n) is 6.58. The average molecular weight is 357 g/mol. The Morgan fingerprint density at radius 3 is 1.95 bits per heavy atom. The molecule has 0 saturated carbocycles. The highest BCUT2D eigenvalue weighted by atomic mass is 32.3. The topological polar surface area (TPSA) is 57.2 Å². The SMILES string of the molecule is CC(C)=CC/C(C)=C/C[S+](C)C[Si](C)(C)C.O=S(=O)([O-])F. The molecule has 21 heavy (non-hydrogen) atoms. The lowest BCUT2D eigenvalue weighted by Crippen LogP contribution is -2.32. The lowest BCUT2D eigenvalue weighted by atomic mass is 10.1. The Kier molecular flexibility index (Phi) is 11.7. The smallest absolute Gasteiger partial charge is 0.255 e. The predicted molar refractivity (Wildman–Crippen MR) is 95.0 cm³/mol. The summed E-state index contributed by atoms with van der Waals surface area (Å²) in [6.45, 7) is 14.0. The Morgan fingerprint density at radius 2 is 1.62 bits per heavy atom. The van der Waals surface area contributed by atoms with Crippen LogP contribution in [0.5, 0.6) is 0 Å². The van der Waals surface area contributed by atoms with Crippen LogP contribution >= 0.6 is 0 Å². The Balaban J connectivity index is 0. The summed E-state index contributed by atoms with van der Waals surface area (Å²) < 4.78 is 35.3. The minimum absolute atomic E-state index is 0.590. The number of rotatable bonds is 6. The van der Waals surface area contributed by atoms with Crippen LogP contribution in [-0.4, -0.2) is 38.4 Å². The Morgan fingerprint density at radius 1 is 1.19 bits per heavy atom. The van der Waals surface area contributed by atoms with E-state index in [1.807, 2.05) is 0 Å². The van der Waals surface area contributed by atoms with Gasteiger partial charge in [0.05, 0.1) is 11.6 Å². The van der Waals surface area contributed by atoms with Crippen LogP contribution in [0.25, 0.3) is 0 Å². The van der Waals surface area contributed by atoms with Crippen molar-refractivity contribution < 1.29 is 16.9 Å². The fourth-order valence-electron chi connectivity index (χ4n) is 1.53. The normalized spacial score (nSPS) is 14.0. The third-order valence-corrected chi connectivity index (χ3v) is 8.40. The maximum Gasteiger partial charge on any atom is 0.255 e. The maximum absolute atomic E-state index is 10.1. The number of halogens is 1. The molecule has 0 aliphatic rings. The summed E-state index contributed by atoms with van der Waals surface area (Å²) in [5.41, 5.74) is 2.95. The van der Waals surface area contributed by atoms with E-state index in [0.717, 1.165) is 6.42 Å². The van der Waals surface area contributed by atoms with Gasteiger partial charge in [0.1, 0.15) is 13.8 Å². The van der Waals surface area contributed by atoms with Gasteiger partial charge in [-0.15, -0.1) is 3.89 Å². The highest BCUT2D eigenvalue weighted by Crippen LogP contribution is 2.09. The molecule has 0 rings (SSSR count). The van der Waals surface area contributed by atoms with E-state index in [1.165, 1.54) is 22.3 Å². The molecule has 0 bridgehead atoms. The molecule has 7 heteroatoms. The monoisotopic (exact) mass is 356 g/mol. The first kappa shape index (κ1) is 23.2. The number of hydrogen-bond donors (Lipinski definition) is 0. The van der Waals surface area contributed by atoms with Gasteiger partial charge in [-0.1, -0.05) is 36.9 Å². The minimum Gasteiger partial charge on any atom is -0.722 e. The van der Waals surface area contributed by atoms with Crippen LogP contribution in [0.3, 0.4) is 0 Å². The van der Waals surface area contributed by atoms with Gasteiger partial charge in [0.15, 0.2) is 0 Å². The summed E-state index contributed by atoms with van der Waals surface area (Å²) in [6, 6.07) is 0. The molecule has 0 amide bonds. The minimum atomic E-state index is -5.42. The predicted octanol–water partition coefficient (Wildman–Crippen LogP) is 3.83. The molecule has 0 aromatic carbocycles. The highest BCUT2D eigenvalue weighted by molar-refractivity contribution is 7.97. The molecule has 1 atom stereocenters. The van der Waals surface area contributed by atoms with Gasteiger partial charge in [-0.3, -0.25) is 0 Å². The molecule has 0 radical (unpaired) electrons. The van der Waals surface area contributed by atoms with E-state index in [9.17, 15) is 3.89 Å². The molecule has 0 spiro atoms. The van der Waals surface area contributed by atoms with E-state index in [4.69, 9.17) is 13.0 Å². The third-order valence-electron chi connectivity index (χ3n) is 2.23. The van der Waals surface area contributed by atoms with Gasteiger partial charge < -0.3 is 4.55 Å². The zero-order valence-electron chi connectivity index (χ0n) is 14.2. The van der Waals surface area contributed by atoms with Crippen molar-refractivity contribution in [3.63, 3.8) is 0 Å². The fraction of sp³-hybridized carbons (Fsp3) is 0.714. The largest absolute Gasteiger partial charge is 0.722 e. The number of hydrogen-bond acceptors (Lipinski definition) is 3. The van der Waals surface area contributed by atoms with Crippen molar-refractivity contribution in [2.75, 3.05) is 17.4 Å². The van der Waals surface area contributed by atoms with E-state index < -0.39 is 18.6 Å². The standard InChI is InChI=1S/C14H29SSi.FHO3S/c1-13(2)8-9-14(3)10-11-15(4)12-16(5,6)7;1-5(2,3)4/h8,10H,9,11-12H2,1-7H3;(H,2,3,4)/q+1;/p-1/b14-10+;. The summed E-state index contributed by atoms with van der Waals surface area (Å²) in [7, 11) is -5.68.